The topological polar surface area (TPSA) is 608 Å². The van der Waals surface area contributed by atoms with E-state index in [1.54, 1.807) is 13.0 Å². The van der Waals surface area contributed by atoms with Crippen LogP contribution in [0.3, 0.4) is 0 Å². The Kier molecular flexibility index (Phi) is 30.2. The number of carbonyl (C=O) groups excluding carboxylic acids is 9. The van der Waals surface area contributed by atoms with Crippen molar-refractivity contribution in [1.82, 2.24) is 62.9 Å². The zero-order chi connectivity index (χ0) is 91.9. The maximum absolute atomic E-state index is 16.3. The summed E-state index contributed by atoms with van der Waals surface area (Å²) in [5, 5.41) is 139. The first kappa shape index (κ1) is 94.5. The minimum atomic E-state index is -2.40. The Balaban J connectivity index is 0.998. The zero-order valence-electron chi connectivity index (χ0n) is 68.1. The second kappa shape index (κ2) is 40.6. The van der Waals surface area contributed by atoms with E-state index in [1.165, 1.54) is 55.1 Å². The summed E-state index contributed by atoms with van der Waals surface area (Å²) in [6, 6.07) is 7.33. The van der Waals surface area contributed by atoms with E-state index >= 15 is 24.0 Å². The molecule has 22 N–H and O–H groups in total. The molecule has 9 amide bonds. The van der Waals surface area contributed by atoms with Crippen LogP contribution in [-0.4, -0.2) is 214 Å². The quantitative estimate of drug-likeness (QED) is 0.0321. The number of fused-ring (bicyclic) bond motifs is 15. The van der Waals surface area contributed by atoms with Gasteiger partial charge in [0.25, 0.3) is 5.91 Å². The Bertz CT molecular complexity index is 5500. The Hall–Kier alpha value is -11.6. The fourth-order valence-electron chi connectivity index (χ4n) is 15.1. The van der Waals surface area contributed by atoms with Gasteiger partial charge < -0.3 is 128 Å². The second-order valence-corrected chi connectivity index (χ2v) is 32.9. The number of carbonyl (C=O) groups is 9. The average Bonchev–Trinajstić information content (AvgIpc) is 0.766. The molecule has 18 atom stereocenters. The number of primary amides is 1. The predicted molar refractivity (Wildman–Crippen MR) is 449 cm³/mol. The van der Waals surface area contributed by atoms with Crippen LogP contribution in [0.5, 0.6) is 46.0 Å². The average molecular weight is 1840 g/mol. The summed E-state index contributed by atoms with van der Waals surface area (Å²) >= 11 is 26.5. The number of aliphatic hydroxyl groups is 6. The molecule has 127 heavy (non-hydrogen) atoms. The van der Waals surface area contributed by atoms with Crippen molar-refractivity contribution in [3.8, 4) is 63.2 Å². The number of likely N-dealkylation sites (N-methyl/N-ethyl adjacent to an activating group) is 1. The third-order valence-electron chi connectivity index (χ3n) is 21.7. The number of benzene rings is 6. The molecule has 8 heterocycles. The Labute approximate surface area is 742 Å². The first-order chi connectivity index (χ1) is 60.3. The molecule has 11 bridgehead atoms. The molecule has 2 fully saturated rings. The smallest absolute Gasteiger partial charge is 0.349 e. The second-order valence-electron chi connectivity index (χ2n) is 31.3. The molecule has 0 radical (unpaired) electrons. The van der Waals surface area contributed by atoms with Gasteiger partial charge in [0.05, 0.1) is 63.9 Å². The van der Waals surface area contributed by atoms with Crippen LogP contribution in [0.2, 0.25) is 20.1 Å². The van der Waals surface area contributed by atoms with Crippen molar-refractivity contribution in [1.29, 1.82) is 5.26 Å². The molecule has 7 aliphatic rings. The molecule has 0 unspecified atom stereocenters. The van der Waals surface area contributed by atoms with Crippen LogP contribution in [0.15, 0.2) is 114 Å². The first-order valence-electron chi connectivity index (χ1n) is 39.7. The summed E-state index contributed by atoms with van der Waals surface area (Å²) in [7, 11) is 1.46. The van der Waals surface area contributed by atoms with Crippen LogP contribution in [0, 0.1) is 17.2 Å². The molecule has 676 valence electrons. The summed E-state index contributed by atoms with van der Waals surface area (Å²) in [6.07, 6.45) is -18.5. The number of ether oxygens (including phenoxy) is 6. The Morgan fingerprint density at radius 1 is 0.717 bits per heavy atom. The van der Waals surface area contributed by atoms with E-state index in [9.17, 15) is 75.2 Å². The zero-order valence-corrected chi connectivity index (χ0v) is 71.2. The number of nitrogens with zero attached hydrogens (tertiary/aromatic N) is 3. The van der Waals surface area contributed by atoms with Crippen molar-refractivity contribution in [2.24, 2.45) is 11.7 Å². The number of nitrogens with two attached hydrogens (primary N) is 1. The van der Waals surface area contributed by atoms with Crippen molar-refractivity contribution in [3.05, 3.63) is 173 Å². The summed E-state index contributed by atoms with van der Waals surface area (Å²) in [5.74, 6) is -16.2. The number of hydrogen-bond acceptors (Lipinski definition) is 30. The van der Waals surface area contributed by atoms with Gasteiger partial charge in [0.15, 0.2) is 23.9 Å². The van der Waals surface area contributed by atoms with E-state index in [0.717, 1.165) is 66.7 Å². The summed E-state index contributed by atoms with van der Waals surface area (Å²) in [5.41, 5.74) is 6.26. The highest BCUT2D eigenvalue weighted by Gasteiger charge is 2.52. The van der Waals surface area contributed by atoms with E-state index in [2.05, 4.69) is 63.7 Å². The Morgan fingerprint density at radius 3 is 2.02 bits per heavy atom. The van der Waals surface area contributed by atoms with Gasteiger partial charge in [-0.15, -0.1) is 0 Å². The van der Waals surface area contributed by atoms with Crippen molar-refractivity contribution in [2.45, 2.75) is 176 Å². The minimum Gasteiger partial charge on any atom is -0.508 e. The number of halogens is 4. The number of anilines is 1. The summed E-state index contributed by atoms with van der Waals surface area (Å²) in [4.78, 5) is 151. The van der Waals surface area contributed by atoms with Crippen LogP contribution in [-0.2, 0) is 70.3 Å². The summed E-state index contributed by atoms with van der Waals surface area (Å²) < 4.78 is 40.6. The minimum absolute atomic E-state index is 0.0442. The van der Waals surface area contributed by atoms with Gasteiger partial charge in [-0.25, -0.2) is 10.2 Å². The number of phenolic OH excluding ortho intramolecular Hbond substituents is 3. The summed E-state index contributed by atoms with van der Waals surface area (Å²) in [6.45, 7) is 5.39. The van der Waals surface area contributed by atoms with E-state index < -0.39 is 254 Å². The van der Waals surface area contributed by atoms with Gasteiger partial charge >= 0.3 is 5.69 Å². The lowest BCUT2D eigenvalue weighted by molar-refractivity contribution is -0.334. The third kappa shape index (κ3) is 21.8. The van der Waals surface area contributed by atoms with Gasteiger partial charge in [0, 0.05) is 61.4 Å². The maximum Gasteiger partial charge on any atom is 0.349 e. The number of aromatic hydroxyl groups is 3. The van der Waals surface area contributed by atoms with Crippen LogP contribution in [0.25, 0.3) is 11.1 Å². The molecule has 2 saturated heterocycles. The van der Waals surface area contributed by atoms with Gasteiger partial charge in [0.2, 0.25) is 59.3 Å². The monoisotopic (exact) mass is 1840 g/mol. The highest BCUT2D eigenvalue weighted by molar-refractivity contribution is 6.42. The molecule has 0 aliphatic carbocycles. The molecule has 7 aromatic rings. The lowest BCUT2D eigenvalue weighted by Gasteiger charge is -2.48. The fraction of sp³-hybridized carbons (Fsp3) is 0.398. The number of aromatic nitrogens is 2. The van der Waals surface area contributed by atoms with Gasteiger partial charge in [-0.1, -0.05) is 84.5 Å². The lowest BCUT2D eigenvalue weighted by atomic mass is 9.85. The maximum atomic E-state index is 16.3. The number of phenols is 3. The molecule has 0 spiro atoms. The predicted octanol–water partition coefficient (Wildman–Crippen LogP) is 1.93. The van der Waals surface area contributed by atoms with E-state index in [-0.39, 0.29) is 89.5 Å². The lowest BCUT2D eigenvalue weighted by Crippen LogP contribution is -2.65. The first-order valence-corrected chi connectivity index (χ1v) is 41.3. The third-order valence-corrected chi connectivity index (χ3v) is 23.0. The van der Waals surface area contributed by atoms with Crippen molar-refractivity contribution < 1.29 is 118 Å². The highest BCUT2D eigenvalue weighted by atomic mass is 35.5. The molecule has 6 aromatic carbocycles. The highest BCUT2D eigenvalue weighted by Crippen LogP contribution is 2.50. The van der Waals surface area contributed by atoms with E-state index in [1.807, 2.05) is 19.9 Å². The van der Waals surface area contributed by atoms with Gasteiger partial charge in [0.1, 0.15) is 101 Å². The normalized spacial score (nSPS) is 25.6. The number of hydrogen-bond donors (Lipinski definition) is 21. The van der Waals surface area contributed by atoms with Gasteiger partial charge in [-0.3, -0.25) is 53.1 Å². The Morgan fingerprint density at radius 2 is 1.38 bits per heavy atom. The molecule has 7 aliphatic heterocycles. The molecule has 0 saturated carbocycles. The SMILES string of the molecule is CN[C@H](CC(C)C)C(=O)N[C@H]1C(=O)N[C@@H](CC(N)=O)C(=O)N[C@H]2C(=O)N[C@H]3C(=O)N[C@H](C(=O)N[C@@H](C(=O)NNCCC#N)c4cc(O)cc(O)c4-c4cc3ccc4O)[C@H](O)c3ccc(c(Cl)c3)Oc3cc2cc(c3O[C@@H]2O[C@H](CO)[C@@H](O)[C@H](O)[C@H]2O[C@H]2C[C@](C)(NCCn3ccc(NC(=O)Cc4ccc(Cl)c(Cl)c4)nc3=O)[C@H](O)[C@H](C)O2)Oc2ccc(cc2Cl)[C@H]1O. The molecular formula is C83H91Cl4N15O25. The molecule has 44 heteroatoms. The molecule has 40 nitrogen and oxygen atoms in total. The number of amides is 9. The van der Waals surface area contributed by atoms with Crippen LogP contribution < -0.4 is 84.3 Å². The fourth-order valence-corrected chi connectivity index (χ4v) is 15.9. The van der Waals surface area contributed by atoms with Crippen LogP contribution >= 0.6 is 46.4 Å². The molecule has 1 aromatic heterocycles. The number of nitrogens with one attached hydrogen (secondary N) is 11. The van der Waals surface area contributed by atoms with E-state index in [0.29, 0.717) is 5.56 Å². The van der Waals surface area contributed by atoms with Crippen LogP contribution in [0.4, 0.5) is 5.82 Å². The number of nitriles is 1. The number of hydrazine groups is 1. The molecule has 14 rings (SSSR count). The molecular weight excluding hydrogens is 1750 g/mol. The van der Waals surface area contributed by atoms with E-state index in [4.69, 9.17) is 80.6 Å². The number of aliphatic hydroxyl groups excluding tert-OH is 6. The van der Waals surface area contributed by atoms with Crippen molar-refractivity contribution >= 4 is 105 Å². The van der Waals surface area contributed by atoms with Crippen molar-refractivity contribution in [2.75, 3.05) is 32.1 Å². The van der Waals surface area contributed by atoms with Gasteiger partial charge in [-0.05, 0) is 139 Å². The largest absolute Gasteiger partial charge is 0.508 e. The number of rotatable bonds is 23. The van der Waals surface area contributed by atoms with Crippen LogP contribution in [0.1, 0.15) is 117 Å². The van der Waals surface area contributed by atoms with Gasteiger partial charge in [-0.2, -0.15) is 10.2 Å². The standard InChI is InChI=1S/C83H91Cl4N15O25/c1-34(2)21-48(90-5)74(114)99-65-67(109)38-9-13-52(46(86)25-38)123-54-27-40-28-55(71(54)127-81-72(70(112)69(111)56(33-103)125-81)126-60-32-83(4,73(113)35(3)122-60)91-18-20-102-19-15-58(95-82(102)121)94-59(108)23-36-7-11-44(84)45(85)22-36)124-53-14-10-39(26-47(53)87)68(110)66-79(119)98-64(80(120)101-92-17-6-16-88)43-29-41(104)30-51(106)61(43)42-24-37(8-12-50(42)105)62(76(116)100-66)97-77(117)63(40)96-75(115)49(31-57(89)107)93-78(65)118/h7-15,19,22,24-30,34-35,48-49,56,60,62-70,72-73,81,90-92,103-106,109-113H,6,17-18,20-21,23,31-33H2,1-5H3,(H2,89,107)(H,93,118)(H,96,115)(H,97,117)(H,98,119)(H,99,114)(H,100,116)(H,101,120)(H,94,95,108,121)/t35-,48+,49-,56+,60-,62+,63+,64+,65+,66-,67+,68+,69+,70-,72+,73+,81-,83-/m0/s1. The van der Waals surface area contributed by atoms with Crippen molar-refractivity contribution in [3.63, 3.8) is 0 Å².